The molecular weight excluding hydrogens is 359 g/mol. The molecule has 0 aromatic carbocycles. The molecule has 140 valence electrons. The van der Waals surface area contributed by atoms with Crippen molar-refractivity contribution in [3.05, 3.63) is 34.4 Å². The third-order valence-corrected chi connectivity index (χ3v) is 4.96. The fourth-order valence-electron chi connectivity index (χ4n) is 3.77. The van der Waals surface area contributed by atoms with Crippen molar-refractivity contribution in [1.29, 1.82) is 0 Å². The molecule has 2 aromatic rings. The van der Waals surface area contributed by atoms with Gasteiger partial charge in [-0.2, -0.15) is 10.2 Å². The van der Waals surface area contributed by atoms with Gasteiger partial charge in [0.15, 0.2) is 0 Å². The lowest BCUT2D eigenvalue weighted by molar-refractivity contribution is 0.308. The molecule has 1 aliphatic heterocycles. The van der Waals surface area contributed by atoms with Gasteiger partial charge in [0.1, 0.15) is 0 Å². The summed E-state index contributed by atoms with van der Waals surface area (Å²) in [4.78, 5) is 2.32. The molecule has 8 heteroatoms. The fourth-order valence-corrected chi connectivity index (χ4v) is 3.77. The molecule has 2 N–H and O–H groups in total. The number of hydrogen-bond acceptors (Lipinski definition) is 4. The van der Waals surface area contributed by atoms with Gasteiger partial charge in [0.05, 0.1) is 23.6 Å². The van der Waals surface area contributed by atoms with Gasteiger partial charge in [0.2, 0.25) is 0 Å². The molecule has 6 nitrogen and oxygen atoms in total. The average molecular weight is 387 g/mol. The number of aromatic nitrogens is 4. The van der Waals surface area contributed by atoms with Gasteiger partial charge in [-0.15, -0.1) is 24.8 Å². The highest BCUT2D eigenvalue weighted by molar-refractivity contribution is 5.85. The second-order valence-electron chi connectivity index (χ2n) is 6.89. The van der Waals surface area contributed by atoms with Crippen LogP contribution in [0.15, 0.2) is 6.07 Å². The lowest BCUT2D eigenvalue weighted by atomic mass is 10.1. The lowest BCUT2D eigenvalue weighted by Crippen LogP contribution is -2.28. The van der Waals surface area contributed by atoms with Crippen LogP contribution in [0, 0.1) is 0 Å². The molecule has 0 fully saturated rings. The van der Waals surface area contributed by atoms with Crippen molar-refractivity contribution >= 4 is 24.8 Å². The number of H-pyrrole nitrogens is 1. The fraction of sp³-hybridized carbons (Fsp3) is 0.647. The van der Waals surface area contributed by atoms with Crippen molar-refractivity contribution in [2.24, 2.45) is 0 Å². The number of fused-ring (bicyclic) bond motifs is 2. The Labute approximate surface area is 161 Å². The Morgan fingerprint density at radius 1 is 1.16 bits per heavy atom. The second-order valence-corrected chi connectivity index (χ2v) is 6.89. The third-order valence-electron chi connectivity index (χ3n) is 4.96. The van der Waals surface area contributed by atoms with E-state index in [4.69, 9.17) is 5.10 Å². The molecule has 0 unspecified atom stereocenters. The normalized spacial score (nSPS) is 16.4. The summed E-state index contributed by atoms with van der Waals surface area (Å²) in [5.74, 6) is 0. The van der Waals surface area contributed by atoms with Gasteiger partial charge in [-0.1, -0.05) is 6.42 Å². The first-order chi connectivity index (χ1) is 11.3. The minimum absolute atomic E-state index is 0. The Balaban J connectivity index is 0.00000113. The predicted octanol–water partition coefficient (Wildman–Crippen LogP) is 2.45. The van der Waals surface area contributed by atoms with Gasteiger partial charge >= 0.3 is 0 Å². The maximum Gasteiger partial charge on any atom is 0.0797 e. The summed E-state index contributed by atoms with van der Waals surface area (Å²) in [5, 5.41) is 16.0. The smallest absolute Gasteiger partial charge is 0.0797 e. The highest BCUT2D eigenvalue weighted by Gasteiger charge is 2.18. The second kappa shape index (κ2) is 9.03. The SMILES string of the molecule is CN(Cc1cc2n(n1)CCNC2)Cc1n[nH]c2c1CCCCC2.Cl.Cl. The van der Waals surface area contributed by atoms with Crippen molar-refractivity contribution in [1.82, 2.24) is 30.2 Å². The summed E-state index contributed by atoms with van der Waals surface area (Å²) < 4.78 is 2.14. The third kappa shape index (κ3) is 4.56. The predicted molar refractivity (Wildman–Crippen MR) is 103 cm³/mol. The van der Waals surface area contributed by atoms with Crippen molar-refractivity contribution in [3.8, 4) is 0 Å². The summed E-state index contributed by atoms with van der Waals surface area (Å²) in [6, 6.07) is 2.23. The monoisotopic (exact) mass is 386 g/mol. The topological polar surface area (TPSA) is 61.8 Å². The van der Waals surface area contributed by atoms with Crippen molar-refractivity contribution in [2.75, 3.05) is 13.6 Å². The number of nitrogens with one attached hydrogen (secondary N) is 2. The van der Waals surface area contributed by atoms with E-state index in [0.29, 0.717) is 0 Å². The minimum Gasteiger partial charge on any atom is -0.309 e. The van der Waals surface area contributed by atoms with Crippen LogP contribution in [0.3, 0.4) is 0 Å². The van der Waals surface area contributed by atoms with Gasteiger partial charge < -0.3 is 5.32 Å². The van der Waals surface area contributed by atoms with Crippen LogP contribution < -0.4 is 5.32 Å². The number of hydrogen-bond donors (Lipinski definition) is 2. The van der Waals surface area contributed by atoms with Crippen LogP contribution in [0.2, 0.25) is 0 Å². The molecule has 2 aromatic heterocycles. The first-order valence-electron chi connectivity index (χ1n) is 8.79. The zero-order chi connectivity index (χ0) is 15.6. The van der Waals surface area contributed by atoms with Gasteiger partial charge in [0.25, 0.3) is 0 Å². The zero-order valence-corrected chi connectivity index (χ0v) is 16.4. The van der Waals surface area contributed by atoms with Crippen molar-refractivity contribution in [2.45, 2.75) is 58.3 Å². The summed E-state index contributed by atoms with van der Waals surface area (Å²) in [6.45, 7) is 4.70. The molecule has 2 aliphatic rings. The van der Waals surface area contributed by atoms with E-state index in [1.54, 1.807) is 0 Å². The molecule has 0 saturated carbocycles. The van der Waals surface area contributed by atoms with E-state index in [1.807, 2.05) is 0 Å². The number of aryl methyl sites for hydroxylation is 1. The van der Waals surface area contributed by atoms with E-state index < -0.39 is 0 Å². The van der Waals surface area contributed by atoms with Crippen LogP contribution in [0.4, 0.5) is 0 Å². The maximum atomic E-state index is 4.73. The van der Waals surface area contributed by atoms with E-state index in [1.165, 1.54) is 48.3 Å². The van der Waals surface area contributed by atoms with Gasteiger partial charge in [-0.25, -0.2) is 0 Å². The highest BCUT2D eigenvalue weighted by Crippen LogP contribution is 2.22. The van der Waals surface area contributed by atoms with Gasteiger partial charge in [0, 0.05) is 31.9 Å². The Hall–Kier alpha value is -1.08. The van der Waals surface area contributed by atoms with E-state index in [-0.39, 0.29) is 24.8 Å². The summed E-state index contributed by atoms with van der Waals surface area (Å²) in [7, 11) is 2.16. The Kier molecular flexibility index (Phi) is 7.31. The van der Waals surface area contributed by atoms with Crippen molar-refractivity contribution in [3.63, 3.8) is 0 Å². The maximum absolute atomic E-state index is 4.73. The molecule has 0 amide bonds. The number of nitrogens with zero attached hydrogens (tertiary/aromatic N) is 4. The molecule has 0 bridgehead atoms. The Morgan fingerprint density at radius 2 is 2.00 bits per heavy atom. The molecule has 25 heavy (non-hydrogen) atoms. The van der Waals surface area contributed by atoms with Crippen LogP contribution in [0.5, 0.6) is 0 Å². The molecule has 1 aliphatic carbocycles. The van der Waals surface area contributed by atoms with Crippen LogP contribution in [-0.4, -0.2) is 38.5 Å². The van der Waals surface area contributed by atoms with Crippen LogP contribution in [0.1, 0.15) is 47.6 Å². The average Bonchev–Trinajstić information content (AvgIpc) is 3.02. The van der Waals surface area contributed by atoms with E-state index in [0.717, 1.165) is 44.8 Å². The number of halogens is 2. The Morgan fingerprint density at radius 3 is 2.84 bits per heavy atom. The Bertz CT molecular complexity index is 657. The van der Waals surface area contributed by atoms with Crippen LogP contribution in [-0.2, 0) is 39.0 Å². The molecule has 0 saturated heterocycles. The van der Waals surface area contributed by atoms with E-state index >= 15 is 0 Å². The largest absolute Gasteiger partial charge is 0.309 e. The highest BCUT2D eigenvalue weighted by atomic mass is 35.5. The molecule has 3 heterocycles. The molecule has 0 atom stereocenters. The van der Waals surface area contributed by atoms with E-state index in [9.17, 15) is 0 Å². The van der Waals surface area contributed by atoms with Crippen LogP contribution in [0.25, 0.3) is 0 Å². The first kappa shape index (κ1) is 20.2. The van der Waals surface area contributed by atoms with Crippen molar-refractivity contribution < 1.29 is 0 Å². The molecule has 4 rings (SSSR count). The first-order valence-corrected chi connectivity index (χ1v) is 8.79. The molecule has 0 radical (unpaired) electrons. The quantitative estimate of drug-likeness (QED) is 0.792. The van der Waals surface area contributed by atoms with Gasteiger partial charge in [-0.3, -0.25) is 14.7 Å². The molecular formula is C17H28Cl2N6. The summed E-state index contributed by atoms with van der Waals surface area (Å²) in [6.07, 6.45) is 6.26. The standard InChI is InChI=1S/C17H26N6.2ClH/c1-22(11-13-9-14-10-18-7-8-23(14)21-13)12-17-15-5-3-2-4-6-16(15)19-20-17;;/h9,18H,2-8,10-12H2,1H3,(H,19,20);2*1H. The summed E-state index contributed by atoms with van der Waals surface area (Å²) in [5.41, 5.74) is 6.54. The van der Waals surface area contributed by atoms with Gasteiger partial charge in [-0.05, 0) is 44.4 Å². The summed E-state index contributed by atoms with van der Waals surface area (Å²) >= 11 is 0. The number of rotatable bonds is 4. The minimum atomic E-state index is 0. The number of aromatic amines is 1. The molecule has 0 spiro atoms. The zero-order valence-electron chi connectivity index (χ0n) is 14.8. The van der Waals surface area contributed by atoms with Crippen LogP contribution >= 0.6 is 24.8 Å². The lowest BCUT2D eigenvalue weighted by Gasteiger charge is -2.15. The van der Waals surface area contributed by atoms with E-state index in [2.05, 4.69) is 38.2 Å².